The van der Waals surface area contributed by atoms with Gasteiger partial charge in [-0.3, -0.25) is 10.1 Å². The molecule has 0 radical (unpaired) electrons. The Balaban J connectivity index is 2.59. The molecule has 0 aliphatic heterocycles. The lowest BCUT2D eigenvalue weighted by molar-refractivity contribution is -0.428. The van der Waals surface area contributed by atoms with Crippen molar-refractivity contribution in [2.75, 3.05) is 0 Å². The van der Waals surface area contributed by atoms with Crippen molar-refractivity contribution in [1.82, 2.24) is 5.32 Å². The third kappa shape index (κ3) is 2.74. The van der Waals surface area contributed by atoms with Crippen molar-refractivity contribution < 1.29 is 4.92 Å². The first-order chi connectivity index (χ1) is 6.24. The maximum absolute atomic E-state index is 10.3. The predicted molar refractivity (Wildman–Crippen MR) is 50.3 cm³/mol. The van der Waals surface area contributed by atoms with E-state index in [4.69, 9.17) is 0 Å². The number of hydrogen-bond donors (Lipinski definition) is 1. The summed E-state index contributed by atoms with van der Waals surface area (Å²) in [4.78, 5) is 10.0. The van der Waals surface area contributed by atoms with Crippen LogP contribution in [0.2, 0.25) is 0 Å². The minimum atomic E-state index is -0.330. The maximum atomic E-state index is 10.3. The van der Waals surface area contributed by atoms with Crippen molar-refractivity contribution in [1.29, 1.82) is 0 Å². The van der Waals surface area contributed by atoms with Crippen molar-refractivity contribution in [3.63, 3.8) is 0 Å². The minimum Gasteiger partial charge on any atom is -0.365 e. The lowest BCUT2D eigenvalue weighted by Crippen LogP contribution is -2.10. The predicted octanol–water partition coefficient (Wildman–Crippen LogP) is 1.95. The lowest BCUT2D eigenvalue weighted by Gasteiger charge is -2.09. The van der Waals surface area contributed by atoms with Crippen LogP contribution in [0, 0.1) is 10.1 Å². The standard InChI is InChI=1S/C9H12N2O2/c1-2-7-10-8-3-5-9(6-4-8)11(12)13/h2-3,5,7,10H,4,6H2,1H3/b7-2-. The van der Waals surface area contributed by atoms with Gasteiger partial charge in [0.05, 0.1) is 4.92 Å². The Kier molecular flexibility index (Phi) is 3.25. The highest BCUT2D eigenvalue weighted by molar-refractivity contribution is 5.20. The van der Waals surface area contributed by atoms with E-state index in [1.54, 1.807) is 12.2 Å². The number of nitrogens with zero attached hydrogens (tertiary/aromatic N) is 1. The van der Waals surface area contributed by atoms with Gasteiger partial charge in [0.2, 0.25) is 5.70 Å². The first-order valence-corrected chi connectivity index (χ1v) is 4.16. The minimum absolute atomic E-state index is 0.283. The van der Waals surface area contributed by atoms with Gasteiger partial charge in [-0.1, -0.05) is 6.08 Å². The van der Waals surface area contributed by atoms with E-state index in [1.807, 2.05) is 19.2 Å². The van der Waals surface area contributed by atoms with Crippen LogP contribution in [0.25, 0.3) is 0 Å². The Bertz CT molecular complexity index is 290. The van der Waals surface area contributed by atoms with Gasteiger partial charge >= 0.3 is 0 Å². The van der Waals surface area contributed by atoms with Gasteiger partial charge in [0.1, 0.15) is 0 Å². The first kappa shape index (κ1) is 9.51. The molecular weight excluding hydrogens is 168 g/mol. The zero-order valence-corrected chi connectivity index (χ0v) is 7.49. The molecule has 0 amide bonds. The molecule has 4 heteroatoms. The summed E-state index contributed by atoms with van der Waals surface area (Å²) in [5.74, 6) is 0. The summed E-state index contributed by atoms with van der Waals surface area (Å²) in [6.45, 7) is 1.91. The Morgan fingerprint density at radius 3 is 2.77 bits per heavy atom. The highest BCUT2D eigenvalue weighted by Crippen LogP contribution is 2.16. The van der Waals surface area contributed by atoms with Crippen LogP contribution < -0.4 is 5.32 Å². The van der Waals surface area contributed by atoms with Gasteiger partial charge in [-0.2, -0.15) is 0 Å². The second kappa shape index (κ2) is 4.45. The maximum Gasteiger partial charge on any atom is 0.246 e. The second-order valence-corrected chi connectivity index (χ2v) is 2.75. The van der Waals surface area contributed by atoms with Gasteiger partial charge in [0, 0.05) is 18.2 Å². The molecule has 0 unspecified atom stereocenters. The Morgan fingerprint density at radius 1 is 1.54 bits per heavy atom. The summed E-state index contributed by atoms with van der Waals surface area (Å²) in [5.41, 5.74) is 1.30. The molecule has 0 aromatic carbocycles. The molecule has 0 saturated heterocycles. The molecule has 0 bridgehead atoms. The fourth-order valence-corrected chi connectivity index (χ4v) is 1.09. The molecular formula is C9H12N2O2. The van der Waals surface area contributed by atoms with Crippen LogP contribution >= 0.6 is 0 Å². The second-order valence-electron chi connectivity index (χ2n) is 2.75. The summed E-state index contributed by atoms with van der Waals surface area (Å²) in [6, 6.07) is 0. The van der Waals surface area contributed by atoms with E-state index in [1.165, 1.54) is 0 Å². The van der Waals surface area contributed by atoms with E-state index < -0.39 is 0 Å². The highest BCUT2D eigenvalue weighted by Gasteiger charge is 2.13. The van der Waals surface area contributed by atoms with E-state index >= 15 is 0 Å². The average Bonchev–Trinajstić information content (AvgIpc) is 2.15. The molecule has 0 aromatic heterocycles. The summed E-state index contributed by atoms with van der Waals surface area (Å²) >= 11 is 0. The van der Waals surface area contributed by atoms with Crippen LogP contribution in [0.5, 0.6) is 0 Å². The molecule has 1 N–H and O–H groups in total. The smallest absolute Gasteiger partial charge is 0.246 e. The van der Waals surface area contributed by atoms with Crippen molar-refractivity contribution in [3.8, 4) is 0 Å². The molecule has 4 nitrogen and oxygen atoms in total. The average molecular weight is 180 g/mol. The Labute approximate surface area is 76.8 Å². The molecule has 0 fully saturated rings. The molecule has 1 aliphatic rings. The number of rotatable bonds is 3. The summed E-state index contributed by atoms with van der Waals surface area (Å²) in [7, 11) is 0. The Morgan fingerprint density at radius 2 is 2.31 bits per heavy atom. The molecule has 0 heterocycles. The third-order valence-electron chi connectivity index (χ3n) is 1.80. The highest BCUT2D eigenvalue weighted by atomic mass is 16.6. The van der Waals surface area contributed by atoms with Gasteiger partial charge in [0.15, 0.2) is 0 Å². The number of nitro groups is 1. The molecule has 0 atom stereocenters. The van der Waals surface area contributed by atoms with Crippen LogP contribution in [0.4, 0.5) is 0 Å². The zero-order valence-electron chi connectivity index (χ0n) is 7.49. The van der Waals surface area contributed by atoms with E-state index in [-0.39, 0.29) is 10.6 Å². The van der Waals surface area contributed by atoms with Crippen molar-refractivity contribution in [2.45, 2.75) is 19.8 Å². The van der Waals surface area contributed by atoms with Crippen molar-refractivity contribution in [3.05, 3.63) is 45.9 Å². The molecule has 1 rings (SSSR count). The van der Waals surface area contributed by atoms with Gasteiger partial charge in [-0.15, -0.1) is 0 Å². The Hall–Kier alpha value is -1.58. The molecule has 0 spiro atoms. The van der Waals surface area contributed by atoms with Crippen molar-refractivity contribution >= 4 is 0 Å². The molecule has 70 valence electrons. The van der Waals surface area contributed by atoms with Gasteiger partial charge in [0.25, 0.3) is 0 Å². The van der Waals surface area contributed by atoms with Crippen LogP contribution in [-0.2, 0) is 0 Å². The van der Waals surface area contributed by atoms with Gasteiger partial charge in [-0.25, -0.2) is 0 Å². The summed E-state index contributed by atoms with van der Waals surface area (Å²) in [5, 5.41) is 13.4. The van der Waals surface area contributed by atoms with Gasteiger partial charge < -0.3 is 5.32 Å². The van der Waals surface area contributed by atoms with Crippen LogP contribution in [0.3, 0.4) is 0 Å². The number of hydrogen-bond acceptors (Lipinski definition) is 3. The summed E-state index contributed by atoms with van der Waals surface area (Å²) in [6.07, 6.45) is 8.21. The van der Waals surface area contributed by atoms with Crippen LogP contribution in [0.1, 0.15) is 19.8 Å². The van der Waals surface area contributed by atoms with Gasteiger partial charge in [-0.05, 0) is 25.6 Å². The SMILES string of the molecule is C/C=C\NC1=CC=C([N+](=O)[O-])CC1. The number of nitrogens with one attached hydrogen (secondary N) is 1. The quantitative estimate of drug-likeness (QED) is 0.533. The lowest BCUT2D eigenvalue weighted by atomic mass is 10.1. The fourth-order valence-electron chi connectivity index (χ4n) is 1.09. The monoisotopic (exact) mass is 180 g/mol. The normalized spacial score (nSPS) is 16.7. The molecule has 1 aliphatic carbocycles. The fraction of sp³-hybridized carbons (Fsp3) is 0.333. The molecule has 0 saturated carbocycles. The number of allylic oxidation sites excluding steroid dienone is 5. The van der Waals surface area contributed by atoms with Crippen LogP contribution in [0.15, 0.2) is 35.8 Å². The topological polar surface area (TPSA) is 55.2 Å². The third-order valence-corrected chi connectivity index (χ3v) is 1.80. The molecule has 0 aromatic rings. The van der Waals surface area contributed by atoms with E-state index in [2.05, 4.69) is 5.32 Å². The van der Waals surface area contributed by atoms with E-state index in [9.17, 15) is 10.1 Å². The zero-order chi connectivity index (χ0) is 9.68. The van der Waals surface area contributed by atoms with Crippen LogP contribution in [-0.4, -0.2) is 4.92 Å². The van der Waals surface area contributed by atoms with E-state index in [0.29, 0.717) is 12.8 Å². The largest absolute Gasteiger partial charge is 0.365 e. The molecule has 13 heavy (non-hydrogen) atoms. The van der Waals surface area contributed by atoms with Crippen molar-refractivity contribution in [2.24, 2.45) is 0 Å². The van der Waals surface area contributed by atoms with E-state index in [0.717, 1.165) is 5.70 Å². The first-order valence-electron chi connectivity index (χ1n) is 4.16. The summed E-state index contributed by atoms with van der Waals surface area (Å²) < 4.78 is 0.